The summed E-state index contributed by atoms with van der Waals surface area (Å²) in [6.45, 7) is 21.7. The Morgan fingerprint density at radius 3 is 2.40 bits per heavy atom. The number of aryl methyl sites for hydroxylation is 1. The van der Waals surface area contributed by atoms with E-state index < -0.39 is 5.41 Å². The molecule has 1 N–H and O–H groups in total. The molecule has 0 fully saturated rings. The Hall–Kier alpha value is -2.23. The highest BCUT2D eigenvalue weighted by Crippen LogP contribution is 2.40. The summed E-state index contributed by atoms with van der Waals surface area (Å²) in [5, 5.41) is 3.47. The van der Waals surface area contributed by atoms with Crippen LogP contribution in [0.2, 0.25) is 0 Å². The molecule has 3 heteroatoms. The van der Waals surface area contributed by atoms with Crippen LogP contribution < -0.4 is 5.32 Å². The summed E-state index contributed by atoms with van der Waals surface area (Å²) < 4.78 is 0. The average molecular weight is 479 g/mol. The fraction of sp³-hybridized carbons (Fsp3) is 0.531. The zero-order valence-electron chi connectivity index (χ0n) is 23.0. The molecule has 0 aliphatic carbocycles. The fourth-order valence-corrected chi connectivity index (χ4v) is 4.71. The van der Waals surface area contributed by atoms with Gasteiger partial charge in [-0.25, -0.2) is 0 Å². The molecule has 3 nitrogen and oxygen atoms in total. The summed E-state index contributed by atoms with van der Waals surface area (Å²) in [7, 11) is 0. The van der Waals surface area contributed by atoms with Crippen LogP contribution in [0.5, 0.6) is 0 Å². The van der Waals surface area contributed by atoms with Crippen molar-refractivity contribution in [1.82, 2.24) is 10.2 Å². The van der Waals surface area contributed by atoms with Crippen molar-refractivity contribution < 1.29 is 4.79 Å². The maximum Gasteiger partial charge on any atom is 0.144 e. The van der Waals surface area contributed by atoms with E-state index in [4.69, 9.17) is 0 Å². The van der Waals surface area contributed by atoms with Gasteiger partial charge in [0.05, 0.1) is 5.41 Å². The molecule has 0 heterocycles. The van der Waals surface area contributed by atoms with Crippen LogP contribution in [-0.2, 0) is 10.2 Å². The molecule has 1 unspecified atom stereocenters. The maximum absolute atomic E-state index is 13.3. The van der Waals surface area contributed by atoms with Gasteiger partial charge in [0.25, 0.3) is 0 Å². The van der Waals surface area contributed by atoms with E-state index in [0.29, 0.717) is 0 Å². The number of carbonyl (C=O) groups excluding carboxylic acids is 1. The highest BCUT2D eigenvalue weighted by atomic mass is 16.1. The lowest BCUT2D eigenvalue weighted by Crippen LogP contribution is -2.37. The summed E-state index contributed by atoms with van der Waals surface area (Å²) in [4.78, 5) is 15.8. The van der Waals surface area contributed by atoms with E-state index >= 15 is 0 Å². The number of hydrogen-bond acceptors (Lipinski definition) is 3. The Balaban J connectivity index is 2.80. The van der Waals surface area contributed by atoms with E-state index in [-0.39, 0.29) is 5.78 Å². The van der Waals surface area contributed by atoms with E-state index in [9.17, 15) is 4.79 Å². The van der Waals surface area contributed by atoms with Crippen molar-refractivity contribution in [3.63, 3.8) is 0 Å². The van der Waals surface area contributed by atoms with Gasteiger partial charge in [0.2, 0.25) is 0 Å². The minimum atomic E-state index is -0.671. The molecule has 1 aromatic carbocycles. The number of unbranched alkanes of at least 4 members (excludes halogenated alkanes) is 2. The van der Waals surface area contributed by atoms with Crippen LogP contribution in [0.15, 0.2) is 73.4 Å². The van der Waals surface area contributed by atoms with E-state index in [1.165, 1.54) is 12.8 Å². The first kappa shape index (κ1) is 30.8. The lowest BCUT2D eigenvalue weighted by molar-refractivity contribution is -0.121. The van der Waals surface area contributed by atoms with Crippen LogP contribution in [0.4, 0.5) is 0 Å². The highest BCUT2D eigenvalue weighted by molar-refractivity contribution is 5.92. The average Bonchev–Trinajstić information content (AvgIpc) is 2.85. The fourth-order valence-electron chi connectivity index (χ4n) is 4.71. The Bertz CT molecular complexity index is 823. The van der Waals surface area contributed by atoms with Crippen LogP contribution in [0.1, 0.15) is 76.8 Å². The van der Waals surface area contributed by atoms with Gasteiger partial charge in [0.1, 0.15) is 5.78 Å². The number of rotatable bonds is 20. The minimum absolute atomic E-state index is 0.178. The number of nitrogens with one attached hydrogen (secondary N) is 1. The van der Waals surface area contributed by atoms with Crippen LogP contribution in [0.3, 0.4) is 0 Å². The Kier molecular flexibility index (Phi) is 15.9. The monoisotopic (exact) mass is 478 g/mol. The number of hydrogen-bond donors (Lipinski definition) is 1. The maximum atomic E-state index is 13.3. The predicted molar refractivity (Wildman–Crippen MR) is 154 cm³/mol. The molecule has 0 amide bonds. The number of allylic oxidation sites excluding steroid dienone is 5. The molecule has 0 radical (unpaired) electrons. The van der Waals surface area contributed by atoms with Crippen molar-refractivity contribution in [2.75, 3.05) is 32.7 Å². The van der Waals surface area contributed by atoms with Crippen molar-refractivity contribution in [3.8, 4) is 0 Å². The summed E-state index contributed by atoms with van der Waals surface area (Å²) in [6.07, 6.45) is 17.5. The molecule has 0 saturated carbocycles. The summed E-state index contributed by atoms with van der Waals surface area (Å²) in [5.41, 5.74) is 2.46. The van der Waals surface area contributed by atoms with Gasteiger partial charge < -0.3 is 10.2 Å². The van der Waals surface area contributed by atoms with Crippen molar-refractivity contribution in [2.24, 2.45) is 0 Å². The molecular formula is C32H50N2O. The van der Waals surface area contributed by atoms with Gasteiger partial charge in [0, 0.05) is 0 Å². The zero-order chi connectivity index (χ0) is 25.9. The molecule has 194 valence electrons. The first-order valence-electron chi connectivity index (χ1n) is 13.6. The molecule has 0 aliphatic rings. The molecule has 0 saturated heterocycles. The van der Waals surface area contributed by atoms with Crippen LogP contribution >= 0.6 is 0 Å². The van der Waals surface area contributed by atoms with Gasteiger partial charge in [-0.1, -0.05) is 81.5 Å². The molecule has 1 rings (SSSR count). The molecule has 35 heavy (non-hydrogen) atoms. The molecule has 1 aromatic rings. The van der Waals surface area contributed by atoms with Crippen LogP contribution in [0.25, 0.3) is 0 Å². The summed E-state index contributed by atoms with van der Waals surface area (Å²) in [5.74, 6) is 0.178. The topological polar surface area (TPSA) is 32.3 Å². The van der Waals surface area contributed by atoms with Gasteiger partial charge in [-0.3, -0.25) is 4.79 Å². The standard InChI is InChI=1S/C32H50N2O/c1-7-10-12-13-21-29(5)32(30(6)35,31-22-15-14-20-28(31)4)23-16-18-26-34(9-3)27-19-17-25-33-24-11-8-2/h8,10,12-15,20-22,33H,2,5,7,9,11,16-19,23-27H2,1,3-4,6H3/b12-10-,21-13-. The van der Waals surface area contributed by atoms with Gasteiger partial charge >= 0.3 is 0 Å². The van der Waals surface area contributed by atoms with E-state index in [0.717, 1.165) is 81.5 Å². The molecule has 0 aliphatic heterocycles. The first-order valence-corrected chi connectivity index (χ1v) is 13.6. The predicted octanol–water partition coefficient (Wildman–Crippen LogP) is 7.34. The summed E-state index contributed by atoms with van der Waals surface area (Å²) >= 11 is 0. The third kappa shape index (κ3) is 10.5. The molecule has 0 bridgehead atoms. The molecular weight excluding hydrogens is 428 g/mol. The smallest absolute Gasteiger partial charge is 0.144 e. The van der Waals surface area contributed by atoms with Crippen LogP contribution in [0, 0.1) is 6.92 Å². The van der Waals surface area contributed by atoms with E-state index in [1.54, 1.807) is 6.92 Å². The molecule has 0 aromatic heterocycles. The quantitative estimate of drug-likeness (QED) is 0.121. The first-order chi connectivity index (χ1) is 16.9. The van der Waals surface area contributed by atoms with Crippen molar-refractivity contribution in [1.29, 1.82) is 0 Å². The Labute approximate surface area is 216 Å². The molecule has 1 atom stereocenters. The SMILES string of the molecule is C=CCCNCCCCN(CC)CCCCC(C(=C)/C=C\C=C/CC)(C(C)=O)c1ccccc1C. The van der Waals surface area contributed by atoms with Crippen molar-refractivity contribution in [3.05, 3.63) is 84.5 Å². The van der Waals surface area contributed by atoms with Crippen molar-refractivity contribution in [2.45, 2.75) is 78.1 Å². The number of ketones is 1. The second-order valence-electron chi connectivity index (χ2n) is 9.42. The zero-order valence-corrected chi connectivity index (χ0v) is 23.0. The van der Waals surface area contributed by atoms with Gasteiger partial charge in [-0.15, -0.1) is 6.58 Å². The normalized spacial score (nSPS) is 13.5. The molecule has 0 spiro atoms. The van der Waals surface area contributed by atoms with Gasteiger partial charge in [-0.2, -0.15) is 0 Å². The van der Waals surface area contributed by atoms with Gasteiger partial charge in [-0.05, 0) is 102 Å². The Morgan fingerprint density at radius 2 is 1.77 bits per heavy atom. The summed E-state index contributed by atoms with van der Waals surface area (Å²) in [6, 6.07) is 8.30. The second-order valence-corrected chi connectivity index (χ2v) is 9.42. The largest absolute Gasteiger partial charge is 0.316 e. The van der Waals surface area contributed by atoms with E-state index in [2.05, 4.69) is 62.4 Å². The lowest BCUT2D eigenvalue weighted by atomic mass is 9.67. The lowest BCUT2D eigenvalue weighted by Gasteiger charge is -2.34. The second kappa shape index (κ2) is 18.1. The van der Waals surface area contributed by atoms with Gasteiger partial charge in [0.15, 0.2) is 0 Å². The third-order valence-corrected chi connectivity index (χ3v) is 6.86. The number of carbonyl (C=O) groups is 1. The van der Waals surface area contributed by atoms with Crippen LogP contribution in [-0.4, -0.2) is 43.4 Å². The number of nitrogens with zero attached hydrogens (tertiary/aromatic N) is 1. The highest BCUT2D eigenvalue weighted by Gasteiger charge is 2.39. The van der Waals surface area contributed by atoms with Crippen molar-refractivity contribution >= 4 is 5.78 Å². The Morgan fingerprint density at radius 1 is 1.06 bits per heavy atom. The number of Topliss-reactive ketones (excluding diaryl/α,β-unsaturated/α-hetero) is 1. The number of benzene rings is 1. The minimum Gasteiger partial charge on any atom is -0.316 e. The van der Waals surface area contributed by atoms with E-state index in [1.807, 2.05) is 36.4 Å². The third-order valence-electron chi connectivity index (χ3n) is 6.86.